The normalized spacial score (nSPS) is 7.30. The van der Waals surface area contributed by atoms with Crippen molar-refractivity contribution in [1.82, 2.24) is 9.78 Å². The lowest BCUT2D eigenvalue weighted by Crippen LogP contribution is -2.41. The van der Waals surface area contributed by atoms with Gasteiger partial charge in [-0.15, -0.1) is 9.36 Å². The van der Waals surface area contributed by atoms with Crippen molar-refractivity contribution in [3.05, 3.63) is 28.6 Å². The van der Waals surface area contributed by atoms with Crippen molar-refractivity contribution in [3.63, 3.8) is 0 Å². The average Bonchev–Trinajstić information content (AvgIpc) is 2.17. The van der Waals surface area contributed by atoms with Gasteiger partial charge >= 0.3 is 0 Å². The second-order valence-corrected chi connectivity index (χ2v) is 1.46. The topological polar surface area (TPSA) is 106 Å². The van der Waals surface area contributed by atoms with Crippen molar-refractivity contribution in [2.24, 2.45) is 7.05 Å². The molecule has 2 N–H and O–H groups in total. The summed E-state index contributed by atoms with van der Waals surface area (Å²) in [5.41, 5.74) is 13.5. The molecule has 0 radical (unpaired) electrons. The number of hydrogen-bond donors (Lipinski definition) is 1. The van der Waals surface area contributed by atoms with Crippen LogP contribution in [0.25, 0.3) is 16.0 Å². The molecule has 1 rings (SSSR count). The number of hydrogen-bond acceptors (Lipinski definition) is 2. The number of nitrogens with zero attached hydrogens (tertiary/aromatic N) is 6. The molecule has 0 unspecified atom stereocenters. The SMILES string of the molecule is Cn1c[n+](N)cn1.[N-]=[N+]=[N-]. The average molecular weight is 141 g/mol. The van der Waals surface area contributed by atoms with Crippen LogP contribution in [0.15, 0.2) is 12.7 Å². The van der Waals surface area contributed by atoms with E-state index in [9.17, 15) is 0 Å². The third-order valence-corrected chi connectivity index (χ3v) is 0.668. The van der Waals surface area contributed by atoms with Gasteiger partial charge in [0.2, 0.25) is 6.33 Å². The maximum Gasteiger partial charge on any atom is 0.286 e. The van der Waals surface area contributed by atoms with E-state index in [1.165, 1.54) is 15.9 Å². The fraction of sp³-hybridized carbons (Fsp3) is 0.333. The van der Waals surface area contributed by atoms with E-state index in [2.05, 4.69) is 5.10 Å². The predicted molar refractivity (Wildman–Crippen MR) is 33.6 cm³/mol. The summed E-state index contributed by atoms with van der Waals surface area (Å²) in [5, 5.41) is 3.77. The molecule has 0 aromatic carbocycles. The fourth-order valence-corrected chi connectivity index (χ4v) is 0.394. The van der Waals surface area contributed by atoms with Gasteiger partial charge in [-0.25, -0.2) is 0 Å². The number of nitrogens with two attached hydrogens (primary N) is 1. The molecule has 7 heteroatoms. The summed E-state index contributed by atoms with van der Waals surface area (Å²) in [6.07, 6.45) is 3.19. The molecule has 0 spiro atoms. The Balaban J connectivity index is 0.000000236. The molecular formula is C3H7N7. The van der Waals surface area contributed by atoms with Gasteiger partial charge in [0.25, 0.3) is 6.33 Å². The predicted octanol–water partition coefficient (Wildman–Crippen LogP) is -0.713. The van der Waals surface area contributed by atoms with Crippen molar-refractivity contribution in [2.75, 3.05) is 5.84 Å². The van der Waals surface area contributed by atoms with Crippen LogP contribution in [0, 0.1) is 0 Å². The molecular weight excluding hydrogens is 134 g/mol. The first-order valence-electron chi connectivity index (χ1n) is 2.34. The van der Waals surface area contributed by atoms with Gasteiger partial charge in [-0.2, -0.15) is 0 Å². The van der Waals surface area contributed by atoms with E-state index in [1.807, 2.05) is 7.05 Å². The Hall–Kier alpha value is -1.75. The van der Waals surface area contributed by atoms with E-state index < -0.39 is 0 Å². The third-order valence-electron chi connectivity index (χ3n) is 0.668. The van der Waals surface area contributed by atoms with Crippen LogP contribution in [0.4, 0.5) is 0 Å². The molecule has 0 atom stereocenters. The molecule has 10 heavy (non-hydrogen) atoms. The molecule has 0 saturated carbocycles. The Morgan fingerprint density at radius 1 is 1.70 bits per heavy atom. The van der Waals surface area contributed by atoms with E-state index in [0.29, 0.717) is 0 Å². The lowest BCUT2D eigenvalue weighted by Gasteiger charge is -1.70. The highest BCUT2D eigenvalue weighted by Crippen LogP contribution is 1.60. The Labute approximate surface area is 57.1 Å². The van der Waals surface area contributed by atoms with Gasteiger partial charge in [0, 0.05) is 5.10 Å². The molecule has 0 amide bonds. The van der Waals surface area contributed by atoms with Gasteiger partial charge in [0.15, 0.2) is 0 Å². The van der Waals surface area contributed by atoms with Gasteiger partial charge < -0.3 is 11.1 Å². The number of aryl methyl sites for hydroxylation is 1. The first-order valence-corrected chi connectivity index (χ1v) is 2.34. The van der Waals surface area contributed by atoms with Crippen LogP contribution in [0.5, 0.6) is 0 Å². The molecule has 0 aliphatic rings. The lowest BCUT2D eigenvalue weighted by molar-refractivity contribution is -0.639. The van der Waals surface area contributed by atoms with Gasteiger partial charge in [-0.05, 0) is 0 Å². The second-order valence-electron chi connectivity index (χ2n) is 1.46. The molecule has 0 saturated heterocycles. The molecule has 54 valence electrons. The standard InChI is InChI=1S/C3H7N4.N3/c1-6-3-7(4)2-5-6;1-3-2/h2-3H,4H2,1H3;/q+1;-1. The molecule has 1 heterocycles. The highest BCUT2D eigenvalue weighted by Gasteiger charge is 1.91. The van der Waals surface area contributed by atoms with Gasteiger partial charge in [-0.3, -0.25) is 10.8 Å². The zero-order valence-corrected chi connectivity index (χ0v) is 5.42. The summed E-state index contributed by atoms with van der Waals surface area (Å²) in [7, 11) is 1.81. The Morgan fingerprint density at radius 2 is 2.20 bits per heavy atom. The Morgan fingerprint density at radius 3 is 2.30 bits per heavy atom. The number of aromatic nitrogens is 3. The third kappa shape index (κ3) is 3.28. The Bertz CT molecular complexity index is 202. The molecule has 1 aromatic rings. The summed E-state index contributed by atoms with van der Waals surface area (Å²) in [6.45, 7) is 0. The quantitative estimate of drug-likeness (QED) is 0.169. The molecule has 0 aliphatic heterocycles. The van der Waals surface area contributed by atoms with E-state index in [0.717, 1.165) is 0 Å². The van der Waals surface area contributed by atoms with Gasteiger partial charge in [0.05, 0.1) is 7.05 Å². The first-order chi connectivity index (χ1) is 4.70. The molecule has 0 aliphatic carbocycles. The van der Waals surface area contributed by atoms with E-state index in [4.69, 9.17) is 16.9 Å². The fourth-order valence-electron chi connectivity index (χ4n) is 0.394. The molecule has 1 aromatic heterocycles. The lowest BCUT2D eigenvalue weighted by atomic mass is 11.2. The first kappa shape index (κ1) is 8.25. The minimum absolute atomic E-state index is 1.39. The van der Waals surface area contributed by atoms with E-state index in [-0.39, 0.29) is 0 Å². The summed E-state index contributed by atoms with van der Waals surface area (Å²) < 4.78 is 3.01. The minimum Gasteiger partial charge on any atom is -0.373 e. The highest BCUT2D eigenvalue weighted by atomic mass is 15.4. The van der Waals surface area contributed by atoms with Crippen LogP contribution < -0.4 is 10.5 Å². The number of rotatable bonds is 0. The van der Waals surface area contributed by atoms with Crippen LogP contribution in [0.2, 0.25) is 0 Å². The maximum absolute atomic E-state index is 6.75. The van der Waals surface area contributed by atoms with Gasteiger partial charge in [0.1, 0.15) is 0 Å². The van der Waals surface area contributed by atoms with E-state index >= 15 is 0 Å². The largest absolute Gasteiger partial charge is 0.373 e. The highest BCUT2D eigenvalue weighted by molar-refractivity contribution is 4.36. The zero-order valence-electron chi connectivity index (χ0n) is 5.42. The number of nitrogen functional groups attached to an aromatic ring is 1. The zero-order chi connectivity index (χ0) is 7.98. The smallest absolute Gasteiger partial charge is 0.286 e. The summed E-state index contributed by atoms with van der Waals surface area (Å²) in [6, 6.07) is 0. The van der Waals surface area contributed by atoms with Crippen LogP contribution in [0.1, 0.15) is 0 Å². The molecule has 0 bridgehead atoms. The van der Waals surface area contributed by atoms with E-state index in [1.54, 1.807) is 11.0 Å². The van der Waals surface area contributed by atoms with Crippen molar-refractivity contribution < 1.29 is 4.68 Å². The summed E-state index contributed by atoms with van der Waals surface area (Å²) in [4.78, 5) is 1.50. The molecule has 7 nitrogen and oxygen atoms in total. The van der Waals surface area contributed by atoms with Crippen molar-refractivity contribution in [1.29, 1.82) is 0 Å². The Kier molecular flexibility index (Phi) is 3.43. The van der Waals surface area contributed by atoms with Crippen molar-refractivity contribution in [3.8, 4) is 0 Å². The van der Waals surface area contributed by atoms with Crippen LogP contribution in [0.3, 0.4) is 0 Å². The van der Waals surface area contributed by atoms with Crippen LogP contribution >= 0.6 is 0 Å². The van der Waals surface area contributed by atoms with Crippen LogP contribution in [-0.2, 0) is 7.05 Å². The van der Waals surface area contributed by atoms with Crippen molar-refractivity contribution >= 4 is 0 Å². The molecule has 0 fully saturated rings. The van der Waals surface area contributed by atoms with Crippen LogP contribution in [-0.4, -0.2) is 9.78 Å². The maximum atomic E-state index is 6.75. The monoisotopic (exact) mass is 141 g/mol. The summed E-state index contributed by atoms with van der Waals surface area (Å²) >= 11 is 0. The summed E-state index contributed by atoms with van der Waals surface area (Å²) in [5.74, 6) is 5.21. The minimum atomic E-state index is 1.39. The second kappa shape index (κ2) is 4.16. The van der Waals surface area contributed by atoms with Gasteiger partial charge in [-0.1, -0.05) is 0 Å². The van der Waals surface area contributed by atoms with Crippen molar-refractivity contribution in [2.45, 2.75) is 0 Å².